The molecule has 4 N–H and O–H groups in total. The Morgan fingerprint density at radius 2 is 1.74 bits per heavy atom. The molecule has 202 valence electrons. The Hall–Kier alpha value is -3.95. The van der Waals surface area contributed by atoms with Crippen LogP contribution in [0.2, 0.25) is 0 Å². The number of hydrogen-bond donors (Lipinski definition) is 4. The quantitative estimate of drug-likeness (QED) is 0.334. The summed E-state index contributed by atoms with van der Waals surface area (Å²) >= 11 is 1.11. The molecule has 1 aliphatic heterocycles. The van der Waals surface area contributed by atoms with Crippen molar-refractivity contribution in [2.24, 2.45) is 0 Å². The van der Waals surface area contributed by atoms with Crippen LogP contribution in [0.15, 0.2) is 29.2 Å². The summed E-state index contributed by atoms with van der Waals surface area (Å²) in [5, 5.41) is 19.3. The predicted octanol–water partition coefficient (Wildman–Crippen LogP) is 1.69. The van der Waals surface area contributed by atoms with Crippen molar-refractivity contribution in [1.82, 2.24) is 14.5 Å². The van der Waals surface area contributed by atoms with E-state index in [1.165, 1.54) is 31.2 Å². The van der Waals surface area contributed by atoms with Crippen LogP contribution in [0.25, 0.3) is 0 Å². The maximum atomic E-state index is 13.0. The lowest BCUT2D eigenvalue weighted by Crippen LogP contribution is -2.35. The average molecular weight is 563 g/mol. The van der Waals surface area contributed by atoms with Gasteiger partial charge in [0.2, 0.25) is 15.9 Å². The Balaban J connectivity index is 1.90. The summed E-state index contributed by atoms with van der Waals surface area (Å²) in [6.45, 7) is 1.64. The van der Waals surface area contributed by atoms with E-state index in [9.17, 15) is 27.6 Å². The van der Waals surface area contributed by atoms with Crippen LogP contribution < -0.4 is 10.6 Å². The van der Waals surface area contributed by atoms with Crippen molar-refractivity contribution in [3.63, 3.8) is 0 Å². The highest BCUT2D eigenvalue weighted by molar-refractivity contribution is 7.89. The van der Waals surface area contributed by atoms with E-state index in [4.69, 9.17) is 10.8 Å². The highest BCUT2D eigenvalue weighted by Crippen LogP contribution is 2.37. The molecule has 0 bridgehead atoms. The third-order valence-corrected chi connectivity index (χ3v) is 8.68. The molecule has 13 nitrogen and oxygen atoms in total. The number of nitrogens with one attached hydrogen (secondary N) is 4. The summed E-state index contributed by atoms with van der Waals surface area (Å²) in [7, 11) is -2.89. The minimum atomic E-state index is -4.00. The van der Waals surface area contributed by atoms with Crippen LogP contribution in [0.5, 0.6) is 0 Å². The Morgan fingerprint density at radius 1 is 1.11 bits per heavy atom. The molecule has 0 radical (unpaired) electrons. The van der Waals surface area contributed by atoms with Gasteiger partial charge in [-0.15, -0.1) is 11.3 Å². The van der Waals surface area contributed by atoms with Gasteiger partial charge in [-0.25, -0.2) is 13.2 Å². The Kier molecular flexibility index (Phi) is 9.08. The maximum Gasteiger partial charge on any atom is 0.413 e. The van der Waals surface area contributed by atoms with E-state index in [1.54, 1.807) is 4.90 Å². The smallest absolute Gasteiger partial charge is 0.413 e. The summed E-state index contributed by atoms with van der Waals surface area (Å²) in [6, 6.07) is 5.07. The van der Waals surface area contributed by atoms with E-state index in [2.05, 4.69) is 15.4 Å². The highest BCUT2D eigenvalue weighted by Gasteiger charge is 2.31. The minimum absolute atomic E-state index is 0.0973. The first-order valence-corrected chi connectivity index (χ1v) is 13.5. The minimum Gasteiger partial charge on any atom is -0.453 e. The largest absolute Gasteiger partial charge is 0.453 e. The lowest BCUT2D eigenvalue weighted by atomic mass is 10.0. The van der Waals surface area contributed by atoms with Crippen LogP contribution in [-0.4, -0.2) is 80.6 Å². The van der Waals surface area contributed by atoms with Gasteiger partial charge in [-0.05, 0) is 36.2 Å². The first-order chi connectivity index (χ1) is 18.0. The van der Waals surface area contributed by atoms with Crippen molar-refractivity contribution in [1.29, 1.82) is 10.8 Å². The molecule has 1 aromatic heterocycles. The van der Waals surface area contributed by atoms with Crippen LogP contribution in [0.3, 0.4) is 0 Å². The molecule has 2 heterocycles. The number of carbonyl (C=O) groups excluding carboxylic acids is 4. The van der Waals surface area contributed by atoms with Crippen LogP contribution in [0.4, 0.5) is 9.80 Å². The summed E-state index contributed by atoms with van der Waals surface area (Å²) in [5.41, 5.74) is 0.814. The molecule has 0 atom stereocenters. The zero-order valence-electron chi connectivity index (χ0n) is 20.6. The number of rotatable bonds is 9. The molecular formula is C23H26N6O7S2. The Bertz CT molecular complexity index is 1380. The zero-order valence-corrected chi connectivity index (χ0v) is 22.2. The predicted molar refractivity (Wildman–Crippen MR) is 140 cm³/mol. The van der Waals surface area contributed by atoms with Gasteiger partial charge in [0, 0.05) is 49.4 Å². The van der Waals surface area contributed by atoms with Gasteiger partial charge in [-0.1, -0.05) is 0 Å². The first kappa shape index (κ1) is 28.6. The second-order valence-corrected chi connectivity index (χ2v) is 11.1. The van der Waals surface area contributed by atoms with E-state index in [0.29, 0.717) is 23.4 Å². The third kappa shape index (κ3) is 6.12. The maximum absolute atomic E-state index is 13.0. The standard InChI is InChI=1S/C23H26N6O7S2/c1-14(30)28-10-7-17-18(13-28)37-22(19(17)21(32)27-23(33)36-2)26-20(31)15-3-5-16(6-4-15)38(34,35)29(11-8-24)12-9-25/h3-6,8-9,24-25H,7,10-13H2,1-2H3,(H,26,31)(H,27,32,33). The average Bonchev–Trinajstić information content (AvgIpc) is 3.25. The number of amides is 4. The fourth-order valence-electron chi connectivity index (χ4n) is 3.78. The van der Waals surface area contributed by atoms with Gasteiger partial charge in [0.25, 0.3) is 11.8 Å². The number of imide groups is 1. The van der Waals surface area contributed by atoms with Gasteiger partial charge in [0.1, 0.15) is 5.00 Å². The fourth-order valence-corrected chi connectivity index (χ4v) is 6.36. The number of nitrogens with zero attached hydrogens (tertiary/aromatic N) is 2. The van der Waals surface area contributed by atoms with Crippen LogP contribution in [-0.2, 0) is 32.5 Å². The van der Waals surface area contributed by atoms with Crippen molar-refractivity contribution >= 4 is 62.6 Å². The van der Waals surface area contributed by atoms with Crippen LogP contribution in [0, 0.1) is 10.8 Å². The summed E-state index contributed by atoms with van der Waals surface area (Å²) < 4.78 is 31.1. The molecule has 4 amide bonds. The van der Waals surface area contributed by atoms with E-state index >= 15 is 0 Å². The lowest BCUT2D eigenvalue weighted by Gasteiger charge is -2.25. The molecule has 2 aromatic rings. The Morgan fingerprint density at radius 3 is 2.29 bits per heavy atom. The molecule has 0 aliphatic carbocycles. The number of sulfonamides is 1. The second-order valence-electron chi connectivity index (χ2n) is 8.05. The molecule has 0 fully saturated rings. The molecule has 0 saturated carbocycles. The van der Waals surface area contributed by atoms with Gasteiger partial charge in [-0.3, -0.25) is 19.7 Å². The van der Waals surface area contributed by atoms with Gasteiger partial charge >= 0.3 is 6.09 Å². The van der Waals surface area contributed by atoms with Gasteiger partial charge in [0.05, 0.1) is 24.1 Å². The molecule has 0 spiro atoms. The summed E-state index contributed by atoms with van der Waals surface area (Å²) in [4.78, 5) is 51.6. The topological polar surface area (TPSA) is 190 Å². The van der Waals surface area contributed by atoms with Crippen LogP contribution >= 0.6 is 11.3 Å². The van der Waals surface area contributed by atoms with E-state index in [1.807, 2.05) is 0 Å². The molecule has 1 aliphatic rings. The van der Waals surface area contributed by atoms with Crippen molar-refractivity contribution < 1.29 is 32.3 Å². The van der Waals surface area contributed by atoms with Gasteiger partial charge in [-0.2, -0.15) is 4.31 Å². The number of alkyl carbamates (subject to hydrolysis) is 1. The molecule has 0 unspecified atom stereocenters. The van der Waals surface area contributed by atoms with Crippen molar-refractivity contribution in [2.45, 2.75) is 24.8 Å². The number of anilines is 1. The third-order valence-electron chi connectivity index (χ3n) is 5.70. The lowest BCUT2D eigenvalue weighted by molar-refractivity contribution is -0.129. The number of ether oxygens (including phenoxy) is 1. The van der Waals surface area contributed by atoms with Gasteiger partial charge in [0.15, 0.2) is 0 Å². The molecule has 38 heavy (non-hydrogen) atoms. The fraction of sp³-hybridized carbons (Fsp3) is 0.304. The number of benzene rings is 1. The monoisotopic (exact) mass is 562 g/mol. The van der Waals surface area contributed by atoms with E-state index in [-0.39, 0.29) is 46.6 Å². The number of thiophene rings is 1. The van der Waals surface area contributed by atoms with Crippen LogP contribution in [0.1, 0.15) is 38.1 Å². The zero-order chi connectivity index (χ0) is 28.0. The molecule has 1 aromatic carbocycles. The second kappa shape index (κ2) is 12.1. The number of hydrogen-bond acceptors (Lipinski definition) is 10. The van der Waals surface area contributed by atoms with Gasteiger partial charge < -0.3 is 25.8 Å². The van der Waals surface area contributed by atoms with Crippen molar-refractivity contribution in [3.05, 3.63) is 45.8 Å². The Labute approximate surface area is 222 Å². The summed E-state index contributed by atoms with van der Waals surface area (Å²) in [6.07, 6.45) is 1.20. The van der Waals surface area contributed by atoms with E-state index in [0.717, 1.165) is 35.2 Å². The van der Waals surface area contributed by atoms with Crippen molar-refractivity contribution in [3.8, 4) is 0 Å². The SMILES string of the molecule is COC(=O)NC(=O)c1c(NC(=O)c2ccc(S(=O)(=O)N(CC=N)CC=N)cc2)sc2c1CCN(C(C)=O)C2. The normalized spacial score (nSPS) is 12.9. The highest BCUT2D eigenvalue weighted by atomic mass is 32.2. The number of carbonyl (C=O) groups is 4. The summed E-state index contributed by atoms with van der Waals surface area (Å²) in [5.74, 6) is -1.52. The molecule has 15 heteroatoms. The molecular weight excluding hydrogens is 536 g/mol. The number of methoxy groups -OCH3 is 1. The molecule has 3 rings (SSSR count). The number of fused-ring (bicyclic) bond motifs is 1. The van der Waals surface area contributed by atoms with Crippen molar-refractivity contribution in [2.75, 3.05) is 32.1 Å². The molecule has 0 saturated heterocycles. The first-order valence-electron chi connectivity index (χ1n) is 11.2. The van der Waals surface area contributed by atoms with E-state index < -0.39 is 27.9 Å².